The Balaban J connectivity index is 2.07. The third-order valence-electron chi connectivity index (χ3n) is 4.18. The van der Waals surface area contributed by atoms with E-state index in [0.717, 1.165) is 16.9 Å². The molecule has 1 fully saturated rings. The van der Waals surface area contributed by atoms with Crippen molar-refractivity contribution >= 4 is 5.91 Å². The molecule has 0 radical (unpaired) electrons. The summed E-state index contributed by atoms with van der Waals surface area (Å²) in [6.45, 7) is 7.58. The van der Waals surface area contributed by atoms with Gasteiger partial charge in [0, 0.05) is 26.3 Å². The van der Waals surface area contributed by atoms with Gasteiger partial charge < -0.3 is 19.1 Å². The molecule has 1 unspecified atom stereocenters. The molecule has 0 N–H and O–H groups in total. The van der Waals surface area contributed by atoms with Gasteiger partial charge in [-0.2, -0.15) is 0 Å². The average molecular weight is 347 g/mol. The van der Waals surface area contributed by atoms with Gasteiger partial charge in [0.05, 0.1) is 25.4 Å². The fourth-order valence-corrected chi connectivity index (χ4v) is 3.24. The van der Waals surface area contributed by atoms with E-state index in [1.165, 1.54) is 0 Å². The Morgan fingerprint density at radius 2 is 2.08 bits per heavy atom. The van der Waals surface area contributed by atoms with Gasteiger partial charge in [-0.25, -0.2) is 0 Å². The third kappa shape index (κ3) is 5.58. The molecule has 0 spiro atoms. The van der Waals surface area contributed by atoms with E-state index in [1.54, 1.807) is 20.3 Å². The molecular weight excluding hydrogens is 318 g/mol. The van der Waals surface area contributed by atoms with Crippen LogP contribution < -0.4 is 4.74 Å². The van der Waals surface area contributed by atoms with Crippen molar-refractivity contribution in [3.8, 4) is 5.75 Å². The summed E-state index contributed by atoms with van der Waals surface area (Å²) < 4.78 is 16.5. The maximum Gasteiger partial charge on any atom is 0.246 e. The highest BCUT2D eigenvalue weighted by atomic mass is 16.5. The van der Waals surface area contributed by atoms with E-state index in [4.69, 9.17) is 14.2 Å². The monoisotopic (exact) mass is 347 g/mol. The Hall–Kier alpha value is -1.85. The molecular formula is C20H29NO4. The van der Waals surface area contributed by atoms with E-state index < -0.39 is 0 Å². The number of morpholine rings is 1. The van der Waals surface area contributed by atoms with Crippen LogP contribution in [0.3, 0.4) is 0 Å². The van der Waals surface area contributed by atoms with Crippen molar-refractivity contribution in [2.75, 3.05) is 33.9 Å². The van der Waals surface area contributed by atoms with Gasteiger partial charge >= 0.3 is 0 Å². The lowest BCUT2D eigenvalue weighted by Crippen LogP contribution is -2.55. The van der Waals surface area contributed by atoms with Crippen molar-refractivity contribution in [1.29, 1.82) is 0 Å². The first-order valence-corrected chi connectivity index (χ1v) is 8.59. The highest BCUT2D eigenvalue weighted by Gasteiger charge is 2.35. The predicted molar refractivity (Wildman–Crippen MR) is 97.9 cm³/mol. The van der Waals surface area contributed by atoms with E-state index in [2.05, 4.69) is 0 Å². The number of allylic oxidation sites excluding steroid dienone is 1. The van der Waals surface area contributed by atoms with Crippen LogP contribution >= 0.6 is 0 Å². The molecule has 1 heterocycles. The number of carbonyl (C=O) groups excluding carboxylic acids is 1. The number of benzene rings is 1. The van der Waals surface area contributed by atoms with E-state index in [-0.39, 0.29) is 17.6 Å². The normalized spacial score (nSPS) is 20.4. The number of nitrogens with zero attached hydrogens (tertiary/aromatic N) is 1. The highest BCUT2D eigenvalue weighted by molar-refractivity contribution is 5.88. The van der Waals surface area contributed by atoms with Gasteiger partial charge in [-0.05, 0) is 38.8 Å². The molecule has 1 aromatic rings. The van der Waals surface area contributed by atoms with Gasteiger partial charge in [-0.15, -0.1) is 0 Å². The van der Waals surface area contributed by atoms with Crippen molar-refractivity contribution in [2.24, 2.45) is 0 Å². The maximum atomic E-state index is 12.7. The first-order valence-electron chi connectivity index (χ1n) is 8.59. The minimum atomic E-state index is -0.374. The summed E-state index contributed by atoms with van der Waals surface area (Å²) >= 11 is 0. The van der Waals surface area contributed by atoms with Crippen molar-refractivity contribution in [3.63, 3.8) is 0 Å². The van der Waals surface area contributed by atoms with Gasteiger partial charge in [-0.3, -0.25) is 4.79 Å². The zero-order valence-corrected chi connectivity index (χ0v) is 15.9. The Kier molecular flexibility index (Phi) is 6.62. The molecule has 0 aliphatic carbocycles. The van der Waals surface area contributed by atoms with Crippen LogP contribution in [0.4, 0.5) is 0 Å². The van der Waals surface area contributed by atoms with E-state index >= 15 is 0 Å². The summed E-state index contributed by atoms with van der Waals surface area (Å²) in [7, 11) is 3.31. The zero-order chi connectivity index (χ0) is 18.4. The average Bonchev–Trinajstić information content (AvgIpc) is 2.54. The molecule has 1 saturated heterocycles. The minimum absolute atomic E-state index is 0.0184. The molecule has 1 aliphatic rings. The number of para-hydroxylation sites is 1. The molecule has 5 nitrogen and oxygen atoms in total. The number of amides is 1. The van der Waals surface area contributed by atoms with Crippen LogP contribution in [-0.2, 0) is 20.7 Å². The summed E-state index contributed by atoms with van der Waals surface area (Å²) in [6, 6.07) is 7.88. The third-order valence-corrected chi connectivity index (χ3v) is 4.18. The van der Waals surface area contributed by atoms with Gasteiger partial charge in [-0.1, -0.05) is 23.8 Å². The second-order valence-electron chi connectivity index (χ2n) is 7.15. The molecule has 5 heteroatoms. The van der Waals surface area contributed by atoms with E-state index in [9.17, 15) is 4.79 Å². The highest BCUT2D eigenvalue weighted by Crippen LogP contribution is 2.23. The molecule has 0 bridgehead atoms. The Morgan fingerprint density at radius 1 is 1.36 bits per heavy atom. The number of rotatable bonds is 6. The lowest BCUT2D eigenvalue weighted by molar-refractivity contribution is -0.165. The molecule has 1 amide bonds. The zero-order valence-electron chi connectivity index (χ0n) is 15.9. The first kappa shape index (κ1) is 19.5. The van der Waals surface area contributed by atoms with E-state index in [0.29, 0.717) is 26.1 Å². The molecule has 1 aliphatic heterocycles. The fourth-order valence-electron chi connectivity index (χ4n) is 3.24. The van der Waals surface area contributed by atoms with E-state index in [1.807, 2.05) is 49.9 Å². The summed E-state index contributed by atoms with van der Waals surface area (Å²) in [5.41, 5.74) is 1.70. The molecule has 0 saturated carbocycles. The lowest BCUT2D eigenvalue weighted by atomic mass is 10.0. The maximum absolute atomic E-state index is 12.7. The smallest absolute Gasteiger partial charge is 0.246 e. The number of carbonyl (C=O) groups is 1. The number of hydrogen-bond acceptors (Lipinski definition) is 4. The van der Waals surface area contributed by atoms with Crippen molar-refractivity contribution in [2.45, 2.75) is 38.9 Å². The number of ether oxygens (including phenoxy) is 3. The van der Waals surface area contributed by atoms with Crippen molar-refractivity contribution in [3.05, 3.63) is 41.5 Å². The van der Waals surface area contributed by atoms with Gasteiger partial charge in [0.15, 0.2) is 0 Å². The Bertz CT molecular complexity index is 624. The topological polar surface area (TPSA) is 48.0 Å². The minimum Gasteiger partial charge on any atom is -0.496 e. The second kappa shape index (κ2) is 8.50. The molecule has 2 rings (SSSR count). The molecule has 138 valence electrons. The van der Waals surface area contributed by atoms with Crippen molar-refractivity contribution < 1.29 is 19.0 Å². The summed E-state index contributed by atoms with van der Waals surface area (Å²) in [4.78, 5) is 14.6. The van der Waals surface area contributed by atoms with Crippen LogP contribution in [0.5, 0.6) is 5.75 Å². The van der Waals surface area contributed by atoms with Crippen LogP contribution in [0.15, 0.2) is 35.9 Å². The summed E-state index contributed by atoms with van der Waals surface area (Å²) in [5.74, 6) is 0.861. The quantitative estimate of drug-likeness (QED) is 0.743. The van der Waals surface area contributed by atoms with Crippen LogP contribution in [0, 0.1) is 0 Å². The van der Waals surface area contributed by atoms with Crippen molar-refractivity contribution in [1.82, 2.24) is 4.90 Å². The fraction of sp³-hybridized carbons (Fsp3) is 0.550. The van der Waals surface area contributed by atoms with Crippen LogP contribution in [0.2, 0.25) is 0 Å². The molecule has 0 aromatic heterocycles. The lowest BCUT2D eigenvalue weighted by Gasteiger charge is -2.42. The summed E-state index contributed by atoms with van der Waals surface area (Å²) in [6.07, 6.45) is 2.31. The van der Waals surface area contributed by atoms with Gasteiger partial charge in [0.2, 0.25) is 5.91 Å². The first-order chi connectivity index (χ1) is 11.8. The second-order valence-corrected chi connectivity index (χ2v) is 7.15. The van der Waals surface area contributed by atoms with Crippen LogP contribution in [0.25, 0.3) is 0 Å². The molecule has 25 heavy (non-hydrogen) atoms. The largest absolute Gasteiger partial charge is 0.496 e. The molecule has 1 aromatic carbocycles. The predicted octanol–water partition coefficient (Wildman–Crippen LogP) is 2.84. The van der Waals surface area contributed by atoms with Gasteiger partial charge in [0.25, 0.3) is 0 Å². The Morgan fingerprint density at radius 3 is 2.76 bits per heavy atom. The van der Waals surface area contributed by atoms with Gasteiger partial charge in [0.1, 0.15) is 5.75 Å². The number of hydrogen-bond donors (Lipinski definition) is 0. The van der Waals surface area contributed by atoms with Crippen LogP contribution in [-0.4, -0.2) is 56.4 Å². The standard InChI is InChI=1S/C20H29NO4/c1-15(10-16-8-6-7-9-18(16)24-5)11-19(22)21-12-17(13-23-4)25-20(2,3)14-21/h6-9,11,17H,10,12-14H2,1-5H3/b15-11-. The SMILES string of the molecule is COCC1CN(C(=O)/C=C(/C)Cc2ccccc2OC)CC(C)(C)O1. The summed E-state index contributed by atoms with van der Waals surface area (Å²) in [5, 5.41) is 0. The molecule has 1 atom stereocenters. The Labute approximate surface area is 150 Å². The number of methoxy groups -OCH3 is 2. The van der Waals surface area contributed by atoms with Crippen LogP contribution in [0.1, 0.15) is 26.3 Å².